The average molecular weight is 299 g/mol. The highest BCUT2D eigenvalue weighted by molar-refractivity contribution is 5.71. The maximum absolute atomic E-state index is 11.5. The summed E-state index contributed by atoms with van der Waals surface area (Å²) >= 11 is 0. The number of hydrogen-bond donors (Lipinski definition) is 1. The molecule has 0 aromatic rings. The lowest BCUT2D eigenvalue weighted by Crippen LogP contribution is -2.52. The molecule has 1 aliphatic heterocycles. The average Bonchev–Trinajstić information content (AvgIpc) is 2.49. The van der Waals surface area contributed by atoms with Gasteiger partial charge >= 0.3 is 5.97 Å². The summed E-state index contributed by atoms with van der Waals surface area (Å²) in [7, 11) is 1.64. The van der Waals surface area contributed by atoms with Crippen molar-refractivity contribution in [1.82, 2.24) is 0 Å². The summed E-state index contributed by atoms with van der Waals surface area (Å²) < 4.78 is 16.7. The quantitative estimate of drug-likeness (QED) is 0.422. The zero-order valence-corrected chi connectivity index (χ0v) is 13.4. The van der Waals surface area contributed by atoms with Gasteiger partial charge in [-0.3, -0.25) is 4.79 Å². The van der Waals surface area contributed by atoms with Crippen molar-refractivity contribution in [3.8, 4) is 0 Å². The third-order valence-corrected chi connectivity index (χ3v) is 3.77. The highest BCUT2D eigenvalue weighted by Crippen LogP contribution is 2.26. The zero-order chi connectivity index (χ0) is 15.7. The minimum atomic E-state index is -0.433. The first-order chi connectivity index (χ1) is 10.1. The van der Waals surface area contributed by atoms with Crippen LogP contribution in [0.3, 0.4) is 0 Å². The second-order valence-electron chi connectivity index (χ2n) is 5.56. The lowest BCUT2D eigenvalue weighted by Gasteiger charge is -2.39. The molecule has 4 atom stereocenters. The number of rotatable bonds is 8. The van der Waals surface area contributed by atoms with Gasteiger partial charge in [0, 0.05) is 13.0 Å². The third kappa shape index (κ3) is 5.77. The summed E-state index contributed by atoms with van der Waals surface area (Å²) in [5.74, 6) is -0.251. The number of allylic oxidation sites excluding steroid dienone is 1. The molecule has 0 aliphatic carbocycles. The van der Waals surface area contributed by atoms with E-state index >= 15 is 0 Å². The molecule has 0 amide bonds. The molecule has 21 heavy (non-hydrogen) atoms. The number of carbonyl (C=O) groups excluding carboxylic acids is 1. The number of nitrogens with two attached hydrogens (primary N) is 1. The maximum Gasteiger partial charge on any atom is 0.320 e. The zero-order valence-electron chi connectivity index (χ0n) is 13.4. The fourth-order valence-electron chi connectivity index (χ4n) is 2.57. The molecular weight excluding hydrogens is 270 g/mol. The Morgan fingerprint density at radius 1 is 1.38 bits per heavy atom. The molecule has 0 bridgehead atoms. The first-order valence-corrected chi connectivity index (χ1v) is 7.84. The Balaban J connectivity index is 2.66. The van der Waals surface area contributed by atoms with Crippen LogP contribution in [-0.2, 0) is 19.0 Å². The van der Waals surface area contributed by atoms with Gasteiger partial charge in [-0.1, -0.05) is 38.8 Å². The van der Waals surface area contributed by atoms with E-state index in [2.05, 4.69) is 13.0 Å². The highest BCUT2D eigenvalue weighted by atomic mass is 16.6. The molecule has 2 N–H and O–H groups in total. The topological polar surface area (TPSA) is 70.8 Å². The molecule has 0 spiro atoms. The fourth-order valence-corrected chi connectivity index (χ4v) is 2.57. The Morgan fingerprint density at radius 3 is 2.76 bits per heavy atom. The lowest BCUT2D eigenvalue weighted by molar-refractivity contribution is -0.189. The molecule has 5 nitrogen and oxygen atoms in total. The van der Waals surface area contributed by atoms with Crippen LogP contribution >= 0.6 is 0 Å². The number of carbonyl (C=O) groups is 1. The first kappa shape index (κ1) is 18.1. The van der Waals surface area contributed by atoms with E-state index in [1.165, 1.54) is 12.8 Å². The molecule has 1 aliphatic rings. The van der Waals surface area contributed by atoms with E-state index in [1.54, 1.807) is 7.11 Å². The van der Waals surface area contributed by atoms with E-state index in [0.29, 0.717) is 6.61 Å². The van der Waals surface area contributed by atoms with Gasteiger partial charge in [-0.15, -0.1) is 0 Å². The van der Waals surface area contributed by atoms with Gasteiger partial charge in [0.15, 0.2) is 6.10 Å². The molecule has 0 aromatic carbocycles. The van der Waals surface area contributed by atoms with E-state index in [-0.39, 0.29) is 24.7 Å². The van der Waals surface area contributed by atoms with Gasteiger partial charge in [-0.2, -0.15) is 0 Å². The molecule has 1 fully saturated rings. The highest BCUT2D eigenvalue weighted by Gasteiger charge is 2.40. The predicted octanol–water partition coefficient (Wildman–Crippen LogP) is 2.04. The maximum atomic E-state index is 11.5. The van der Waals surface area contributed by atoms with Crippen LogP contribution in [-0.4, -0.2) is 44.5 Å². The van der Waals surface area contributed by atoms with Crippen LogP contribution in [0.25, 0.3) is 0 Å². The van der Waals surface area contributed by atoms with Crippen LogP contribution in [0.4, 0.5) is 0 Å². The standard InChI is InChI=1S/C16H29NO4/c1-4-5-6-7-8-9-13-16(21-14(18)10-17)15(19-3)12(2)11-20-13/h8-9,12-13,15-16H,4-7,10-11,17H2,1-3H3/t12-,13-,15-,16-/m0/s1. The molecule has 0 radical (unpaired) electrons. The third-order valence-electron chi connectivity index (χ3n) is 3.77. The number of hydrogen-bond acceptors (Lipinski definition) is 5. The van der Waals surface area contributed by atoms with Crippen LogP contribution < -0.4 is 5.73 Å². The molecule has 0 unspecified atom stereocenters. The molecule has 5 heteroatoms. The molecule has 1 saturated heterocycles. The molecule has 0 aromatic heterocycles. The first-order valence-electron chi connectivity index (χ1n) is 7.84. The summed E-state index contributed by atoms with van der Waals surface area (Å²) in [4.78, 5) is 11.5. The summed E-state index contributed by atoms with van der Waals surface area (Å²) in [6.45, 7) is 4.67. The summed E-state index contributed by atoms with van der Waals surface area (Å²) in [6.07, 6.45) is 7.83. The van der Waals surface area contributed by atoms with E-state index in [0.717, 1.165) is 12.8 Å². The molecular formula is C16H29NO4. The van der Waals surface area contributed by atoms with Gasteiger partial charge in [0.1, 0.15) is 12.2 Å². The van der Waals surface area contributed by atoms with Crippen LogP contribution in [0.15, 0.2) is 12.2 Å². The number of unbranched alkanes of at least 4 members (excludes halogenated alkanes) is 3. The van der Waals surface area contributed by atoms with Crippen molar-refractivity contribution in [3.63, 3.8) is 0 Å². The Bertz CT molecular complexity index is 332. The van der Waals surface area contributed by atoms with Crippen LogP contribution in [0.2, 0.25) is 0 Å². The van der Waals surface area contributed by atoms with Crippen molar-refractivity contribution < 1.29 is 19.0 Å². The Morgan fingerprint density at radius 2 is 2.14 bits per heavy atom. The minimum Gasteiger partial charge on any atom is -0.455 e. The molecule has 1 heterocycles. The summed E-state index contributed by atoms with van der Waals surface area (Å²) in [5, 5.41) is 0. The smallest absolute Gasteiger partial charge is 0.320 e. The van der Waals surface area contributed by atoms with Crippen LogP contribution in [0.5, 0.6) is 0 Å². The van der Waals surface area contributed by atoms with E-state index in [1.807, 2.05) is 13.0 Å². The van der Waals surface area contributed by atoms with Gasteiger partial charge in [0.2, 0.25) is 0 Å². The van der Waals surface area contributed by atoms with Crippen molar-refractivity contribution in [1.29, 1.82) is 0 Å². The van der Waals surface area contributed by atoms with Gasteiger partial charge < -0.3 is 19.9 Å². The monoisotopic (exact) mass is 299 g/mol. The van der Waals surface area contributed by atoms with E-state index in [9.17, 15) is 4.79 Å². The van der Waals surface area contributed by atoms with Crippen molar-refractivity contribution in [2.75, 3.05) is 20.3 Å². The fraction of sp³-hybridized carbons (Fsp3) is 0.812. The predicted molar refractivity (Wildman–Crippen MR) is 81.9 cm³/mol. The number of methoxy groups -OCH3 is 1. The van der Waals surface area contributed by atoms with Crippen molar-refractivity contribution >= 4 is 5.97 Å². The Kier molecular flexibility index (Phi) is 8.57. The second-order valence-corrected chi connectivity index (χ2v) is 5.56. The SMILES string of the molecule is CCCCCC=C[C@@H]1OC[C@H](C)[C@H](OC)[C@H]1OC(=O)CN. The van der Waals surface area contributed by atoms with E-state index < -0.39 is 12.1 Å². The second kappa shape index (κ2) is 9.92. The van der Waals surface area contributed by atoms with Gasteiger partial charge in [0.05, 0.1) is 13.2 Å². The Hall–Kier alpha value is -0.910. The number of esters is 1. The van der Waals surface area contributed by atoms with Crippen molar-refractivity contribution in [3.05, 3.63) is 12.2 Å². The van der Waals surface area contributed by atoms with Gasteiger partial charge in [-0.05, 0) is 12.8 Å². The summed E-state index contributed by atoms with van der Waals surface area (Å²) in [5.41, 5.74) is 5.34. The normalized spacial score (nSPS) is 29.7. The Labute approximate surface area is 127 Å². The minimum absolute atomic E-state index is 0.131. The van der Waals surface area contributed by atoms with Crippen molar-refractivity contribution in [2.24, 2.45) is 11.7 Å². The van der Waals surface area contributed by atoms with E-state index in [4.69, 9.17) is 19.9 Å². The van der Waals surface area contributed by atoms with Crippen LogP contribution in [0.1, 0.15) is 39.5 Å². The molecule has 0 saturated carbocycles. The molecule has 122 valence electrons. The number of ether oxygens (including phenoxy) is 3. The largest absolute Gasteiger partial charge is 0.455 e. The van der Waals surface area contributed by atoms with Gasteiger partial charge in [-0.25, -0.2) is 0 Å². The lowest BCUT2D eigenvalue weighted by atomic mass is 9.93. The summed E-state index contributed by atoms with van der Waals surface area (Å²) in [6, 6.07) is 0. The molecule has 1 rings (SSSR count). The van der Waals surface area contributed by atoms with Gasteiger partial charge in [0.25, 0.3) is 0 Å². The van der Waals surface area contributed by atoms with Crippen LogP contribution in [0, 0.1) is 5.92 Å². The van der Waals surface area contributed by atoms with Crippen molar-refractivity contribution in [2.45, 2.75) is 57.8 Å².